The Morgan fingerprint density at radius 1 is 1.45 bits per heavy atom. The van der Waals surface area contributed by atoms with Crippen molar-refractivity contribution in [3.8, 4) is 0 Å². The maximum Gasteiger partial charge on any atom is 0.111 e. The van der Waals surface area contributed by atoms with Crippen molar-refractivity contribution < 1.29 is 4.21 Å². The summed E-state index contributed by atoms with van der Waals surface area (Å²) < 4.78 is 13.6. The number of halogens is 2. The fraction of sp³-hybridized carbons (Fsp3) is 0.500. The lowest BCUT2D eigenvalue weighted by Crippen LogP contribution is -2.14. The molecular formula is C14H18Cl2N2OS. The number of hydrogen-bond acceptors (Lipinski definition) is 2. The molecule has 0 bridgehead atoms. The summed E-state index contributed by atoms with van der Waals surface area (Å²) >= 11 is 12.1. The zero-order valence-electron chi connectivity index (χ0n) is 11.6. The van der Waals surface area contributed by atoms with Crippen LogP contribution in [0, 0.1) is 0 Å². The molecule has 2 unspecified atom stereocenters. The van der Waals surface area contributed by atoms with Gasteiger partial charge in [0, 0.05) is 41.2 Å². The van der Waals surface area contributed by atoms with E-state index < -0.39 is 10.8 Å². The summed E-state index contributed by atoms with van der Waals surface area (Å²) in [5, 5.41) is 0.819. The zero-order chi connectivity index (χ0) is 14.7. The molecule has 2 atom stereocenters. The number of imidazole rings is 1. The van der Waals surface area contributed by atoms with E-state index in [-0.39, 0.29) is 5.25 Å². The van der Waals surface area contributed by atoms with E-state index >= 15 is 0 Å². The highest BCUT2D eigenvalue weighted by molar-refractivity contribution is 7.84. The molecule has 0 aliphatic heterocycles. The molecular weight excluding hydrogens is 315 g/mol. The number of rotatable bonds is 6. The zero-order valence-corrected chi connectivity index (χ0v) is 13.9. The van der Waals surface area contributed by atoms with Crippen LogP contribution >= 0.6 is 23.2 Å². The van der Waals surface area contributed by atoms with Crippen LogP contribution in [0.5, 0.6) is 0 Å². The van der Waals surface area contributed by atoms with Crippen molar-refractivity contribution in [1.29, 1.82) is 0 Å². The number of aryl methyl sites for hydroxylation is 2. The van der Waals surface area contributed by atoms with E-state index in [1.165, 1.54) is 0 Å². The van der Waals surface area contributed by atoms with E-state index in [4.69, 9.17) is 23.2 Å². The molecule has 1 aromatic heterocycles. The highest BCUT2D eigenvalue weighted by atomic mass is 35.5. The summed E-state index contributed by atoms with van der Waals surface area (Å²) in [6.45, 7) is 2.78. The molecule has 0 aliphatic rings. The molecule has 0 radical (unpaired) electrons. The van der Waals surface area contributed by atoms with Gasteiger partial charge in [0.05, 0.1) is 10.5 Å². The molecule has 20 heavy (non-hydrogen) atoms. The molecule has 0 N–H and O–H groups in total. The van der Waals surface area contributed by atoms with Gasteiger partial charge in [-0.2, -0.15) is 0 Å². The third-order valence-electron chi connectivity index (χ3n) is 3.45. The normalized spacial score (nSPS) is 14.6. The molecule has 3 nitrogen and oxygen atoms in total. The predicted molar refractivity (Wildman–Crippen MR) is 87.3 cm³/mol. The molecule has 110 valence electrons. The van der Waals surface area contributed by atoms with Gasteiger partial charge in [-0.15, -0.1) is 11.6 Å². The third kappa shape index (κ3) is 3.35. The lowest BCUT2D eigenvalue weighted by molar-refractivity contribution is 0.611. The van der Waals surface area contributed by atoms with Crippen LogP contribution in [0.1, 0.15) is 19.2 Å². The van der Waals surface area contributed by atoms with Gasteiger partial charge >= 0.3 is 0 Å². The van der Waals surface area contributed by atoms with Crippen molar-refractivity contribution in [1.82, 2.24) is 9.55 Å². The monoisotopic (exact) mass is 332 g/mol. The van der Waals surface area contributed by atoms with Gasteiger partial charge in [-0.3, -0.25) is 4.21 Å². The standard InChI is InChI=1S/C14H18Cl2N2OS/c1-10(20(2)19)7-9-18-12-5-3-4-11(16)14(12)17-13(18)6-8-15/h3-5,10H,6-9H2,1-2H3. The summed E-state index contributed by atoms with van der Waals surface area (Å²) in [5.41, 5.74) is 1.84. The molecule has 6 heteroatoms. The van der Waals surface area contributed by atoms with E-state index in [1.54, 1.807) is 6.26 Å². The molecule has 0 amide bonds. The Kier molecular flexibility index (Phi) is 5.47. The fourth-order valence-electron chi connectivity index (χ4n) is 2.16. The Balaban J connectivity index is 2.36. The van der Waals surface area contributed by atoms with E-state index in [0.717, 1.165) is 29.8 Å². The molecule has 2 rings (SSSR count). The molecule has 1 aromatic carbocycles. The highest BCUT2D eigenvalue weighted by Crippen LogP contribution is 2.25. The smallest absolute Gasteiger partial charge is 0.111 e. The Morgan fingerprint density at radius 2 is 2.20 bits per heavy atom. The first-order valence-electron chi connectivity index (χ1n) is 6.56. The molecule has 0 saturated carbocycles. The maximum atomic E-state index is 11.5. The first-order chi connectivity index (χ1) is 9.54. The van der Waals surface area contributed by atoms with E-state index in [1.807, 2.05) is 25.1 Å². The minimum absolute atomic E-state index is 0.162. The van der Waals surface area contributed by atoms with Gasteiger partial charge in [0.1, 0.15) is 11.3 Å². The summed E-state index contributed by atoms with van der Waals surface area (Å²) in [7, 11) is -0.806. The van der Waals surface area contributed by atoms with Gasteiger partial charge in [0.15, 0.2) is 0 Å². The van der Waals surface area contributed by atoms with Crippen molar-refractivity contribution in [2.24, 2.45) is 0 Å². The second-order valence-electron chi connectivity index (χ2n) is 4.82. The third-order valence-corrected chi connectivity index (χ3v) is 5.32. The van der Waals surface area contributed by atoms with Gasteiger partial charge in [0.2, 0.25) is 0 Å². The number of nitrogens with zero attached hydrogens (tertiary/aromatic N) is 2. The second-order valence-corrected chi connectivity index (χ2v) is 7.41. The van der Waals surface area contributed by atoms with Gasteiger partial charge < -0.3 is 4.57 Å². The summed E-state index contributed by atoms with van der Waals surface area (Å²) in [5.74, 6) is 1.47. The Bertz CT molecular complexity index is 627. The number of para-hydroxylation sites is 1. The van der Waals surface area contributed by atoms with E-state index in [9.17, 15) is 4.21 Å². The van der Waals surface area contributed by atoms with Crippen molar-refractivity contribution in [2.75, 3.05) is 12.1 Å². The first kappa shape index (κ1) is 15.8. The SMILES string of the molecule is CC(CCn1c(CCCl)nc2c(Cl)cccc21)S(C)=O. The molecule has 2 aromatic rings. The van der Waals surface area contributed by atoms with E-state index in [2.05, 4.69) is 9.55 Å². The number of fused-ring (bicyclic) bond motifs is 1. The minimum Gasteiger partial charge on any atom is -0.328 e. The van der Waals surface area contributed by atoms with Gasteiger partial charge in [0.25, 0.3) is 0 Å². The quantitative estimate of drug-likeness (QED) is 0.757. The Morgan fingerprint density at radius 3 is 2.85 bits per heavy atom. The van der Waals surface area contributed by atoms with Crippen molar-refractivity contribution >= 4 is 45.0 Å². The van der Waals surface area contributed by atoms with Crippen LogP contribution in [0.3, 0.4) is 0 Å². The predicted octanol–water partition coefficient (Wildman–Crippen LogP) is 3.63. The Hall–Kier alpha value is -0.580. The largest absolute Gasteiger partial charge is 0.328 e. The van der Waals surface area contributed by atoms with Crippen LogP contribution < -0.4 is 0 Å². The molecule has 1 heterocycles. The fourth-order valence-corrected chi connectivity index (χ4v) is 2.98. The van der Waals surface area contributed by atoms with Crippen LogP contribution in [0.2, 0.25) is 5.02 Å². The first-order valence-corrected chi connectivity index (χ1v) is 9.09. The average molecular weight is 333 g/mol. The number of benzene rings is 1. The average Bonchev–Trinajstić information content (AvgIpc) is 2.76. The summed E-state index contributed by atoms with van der Waals surface area (Å²) in [6.07, 6.45) is 3.29. The summed E-state index contributed by atoms with van der Waals surface area (Å²) in [6, 6.07) is 5.78. The lowest BCUT2D eigenvalue weighted by atomic mass is 10.3. The van der Waals surface area contributed by atoms with Crippen LogP contribution in [0.25, 0.3) is 11.0 Å². The lowest BCUT2D eigenvalue weighted by Gasteiger charge is -2.12. The molecule has 0 saturated heterocycles. The van der Waals surface area contributed by atoms with E-state index in [0.29, 0.717) is 17.3 Å². The number of alkyl halides is 1. The van der Waals surface area contributed by atoms with Crippen LogP contribution in [-0.2, 0) is 23.8 Å². The Labute approximate surface area is 131 Å². The molecule has 0 aliphatic carbocycles. The topological polar surface area (TPSA) is 34.9 Å². The highest BCUT2D eigenvalue weighted by Gasteiger charge is 2.14. The molecule has 0 spiro atoms. The summed E-state index contributed by atoms with van der Waals surface area (Å²) in [4.78, 5) is 4.60. The number of aromatic nitrogens is 2. The second kappa shape index (κ2) is 6.92. The molecule has 0 fully saturated rings. The van der Waals surface area contributed by atoms with Gasteiger partial charge in [-0.25, -0.2) is 4.98 Å². The van der Waals surface area contributed by atoms with Crippen molar-refractivity contribution in [3.05, 3.63) is 29.0 Å². The van der Waals surface area contributed by atoms with Crippen LogP contribution in [-0.4, -0.2) is 31.1 Å². The van der Waals surface area contributed by atoms with Crippen LogP contribution in [0.4, 0.5) is 0 Å². The number of hydrogen-bond donors (Lipinski definition) is 0. The van der Waals surface area contributed by atoms with Crippen LogP contribution in [0.15, 0.2) is 18.2 Å². The van der Waals surface area contributed by atoms with Crippen molar-refractivity contribution in [3.63, 3.8) is 0 Å². The van der Waals surface area contributed by atoms with Gasteiger partial charge in [-0.05, 0) is 18.6 Å². The maximum absolute atomic E-state index is 11.5. The van der Waals surface area contributed by atoms with Crippen molar-refractivity contribution in [2.45, 2.75) is 31.6 Å². The minimum atomic E-state index is -0.806. The van der Waals surface area contributed by atoms with Gasteiger partial charge in [-0.1, -0.05) is 24.6 Å².